The van der Waals surface area contributed by atoms with Crippen LogP contribution in [0.1, 0.15) is 22.3 Å². The largest absolute Gasteiger partial charge is 0.247 e. The van der Waals surface area contributed by atoms with E-state index in [9.17, 15) is 0 Å². The first-order chi connectivity index (χ1) is 32.2. The Balaban J connectivity index is 0.978. The van der Waals surface area contributed by atoms with E-state index >= 15 is 0 Å². The Morgan fingerprint density at radius 1 is 0.262 bits per heavy atom. The summed E-state index contributed by atoms with van der Waals surface area (Å²) in [6, 6.07) is 82.2. The van der Waals surface area contributed by atoms with E-state index in [0.29, 0.717) is 17.5 Å². The van der Waals surface area contributed by atoms with Gasteiger partial charge < -0.3 is 0 Å². The Hall–Kier alpha value is -8.60. The second-order valence-corrected chi connectivity index (χ2v) is 16.9. The predicted molar refractivity (Wildman–Crippen MR) is 264 cm³/mol. The zero-order valence-corrected chi connectivity index (χ0v) is 35.2. The molecule has 0 amide bonds. The maximum atomic E-state index is 5.64. The van der Waals surface area contributed by atoms with Crippen molar-refractivity contribution in [2.75, 3.05) is 0 Å². The number of rotatable bonds is 6. The lowest BCUT2D eigenvalue weighted by Crippen LogP contribution is -2.26. The fourth-order valence-electron chi connectivity index (χ4n) is 10.6. The molecule has 2 aliphatic carbocycles. The third-order valence-electron chi connectivity index (χ3n) is 13.3. The smallest absolute Gasteiger partial charge is 0.164 e. The standard InChI is InChI=1S/C61H38N4/c1-4-19-39(20-5-1)56-48-30-11-10-29-47(48)55-57(62-56)50-32-13-15-35-52(50)61(55)51-34-14-12-31-49(51)54-46(33-18-36-53(54)61)44-27-16-25-42(37-44)43-26-17-28-45(38-43)60-64-58(40-21-6-2-7-22-40)63-59(65-60)41-23-8-3-9-24-41/h1-38H. The third kappa shape index (κ3) is 5.71. The zero-order chi connectivity index (χ0) is 42.9. The van der Waals surface area contributed by atoms with Crippen LogP contribution in [-0.4, -0.2) is 19.9 Å². The molecular formula is C61H38N4. The van der Waals surface area contributed by atoms with E-state index in [1.807, 2.05) is 60.7 Å². The molecule has 0 saturated heterocycles. The molecule has 0 radical (unpaired) electrons. The van der Waals surface area contributed by atoms with E-state index in [1.54, 1.807) is 0 Å². The van der Waals surface area contributed by atoms with E-state index < -0.39 is 5.41 Å². The number of nitrogens with zero attached hydrogens (tertiary/aromatic N) is 4. The molecule has 4 nitrogen and oxygen atoms in total. The maximum Gasteiger partial charge on any atom is 0.164 e. The highest BCUT2D eigenvalue weighted by atomic mass is 15.0. The van der Waals surface area contributed by atoms with Gasteiger partial charge in [0, 0.05) is 38.8 Å². The number of aromatic nitrogens is 4. The summed E-state index contributed by atoms with van der Waals surface area (Å²) < 4.78 is 0. The summed E-state index contributed by atoms with van der Waals surface area (Å²) in [5.74, 6) is 1.92. The minimum atomic E-state index is -0.566. The molecule has 1 unspecified atom stereocenters. The van der Waals surface area contributed by atoms with Gasteiger partial charge in [0.05, 0.1) is 16.8 Å². The van der Waals surface area contributed by atoms with Crippen molar-refractivity contribution < 1.29 is 0 Å². The number of hydrogen-bond donors (Lipinski definition) is 0. The molecule has 0 fully saturated rings. The van der Waals surface area contributed by atoms with Crippen molar-refractivity contribution in [3.63, 3.8) is 0 Å². The van der Waals surface area contributed by atoms with Gasteiger partial charge in [-0.15, -0.1) is 0 Å². The zero-order valence-electron chi connectivity index (χ0n) is 35.2. The summed E-state index contributed by atoms with van der Waals surface area (Å²) in [5.41, 5.74) is 18.8. The Morgan fingerprint density at radius 2 is 0.692 bits per heavy atom. The maximum absolute atomic E-state index is 5.64. The van der Waals surface area contributed by atoms with Gasteiger partial charge in [-0.2, -0.15) is 0 Å². The van der Waals surface area contributed by atoms with Crippen LogP contribution < -0.4 is 0 Å². The van der Waals surface area contributed by atoms with Gasteiger partial charge in [-0.3, -0.25) is 0 Å². The van der Waals surface area contributed by atoms with Crippen molar-refractivity contribution >= 4 is 10.8 Å². The number of hydrogen-bond acceptors (Lipinski definition) is 4. The number of benzene rings is 9. The van der Waals surface area contributed by atoms with Crippen LogP contribution in [0.25, 0.3) is 101 Å². The van der Waals surface area contributed by atoms with Crippen molar-refractivity contribution in [2.24, 2.45) is 0 Å². The lowest BCUT2D eigenvalue weighted by molar-refractivity contribution is 0.800. The van der Waals surface area contributed by atoms with Crippen LogP contribution in [0.4, 0.5) is 0 Å². The summed E-state index contributed by atoms with van der Waals surface area (Å²) >= 11 is 0. The van der Waals surface area contributed by atoms with Crippen molar-refractivity contribution in [1.82, 2.24) is 19.9 Å². The lowest BCUT2D eigenvalue weighted by atomic mass is 9.69. The monoisotopic (exact) mass is 826 g/mol. The average Bonchev–Trinajstić information content (AvgIpc) is 3.86. The Morgan fingerprint density at radius 3 is 1.35 bits per heavy atom. The number of fused-ring (bicyclic) bond motifs is 12. The molecular weight excluding hydrogens is 789 g/mol. The molecule has 2 heterocycles. The Bertz CT molecular complexity index is 3600. The average molecular weight is 827 g/mol. The molecule has 9 aromatic carbocycles. The van der Waals surface area contributed by atoms with E-state index in [2.05, 4.69) is 170 Å². The van der Waals surface area contributed by atoms with Crippen molar-refractivity contribution in [2.45, 2.75) is 5.41 Å². The van der Waals surface area contributed by atoms with Crippen LogP contribution >= 0.6 is 0 Å². The molecule has 1 atom stereocenters. The minimum absolute atomic E-state index is 0.566. The Labute approximate surface area is 377 Å². The van der Waals surface area contributed by atoms with E-state index in [-0.39, 0.29) is 0 Å². The van der Waals surface area contributed by atoms with Crippen molar-refractivity contribution in [3.8, 4) is 90.1 Å². The quantitative estimate of drug-likeness (QED) is 0.168. The van der Waals surface area contributed by atoms with Crippen molar-refractivity contribution in [3.05, 3.63) is 253 Å². The van der Waals surface area contributed by atoms with Gasteiger partial charge in [-0.05, 0) is 67.6 Å². The third-order valence-corrected chi connectivity index (χ3v) is 13.3. The summed E-state index contributed by atoms with van der Waals surface area (Å²) in [7, 11) is 0. The predicted octanol–water partition coefficient (Wildman–Crippen LogP) is 14.8. The first kappa shape index (κ1) is 37.0. The van der Waals surface area contributed by atoms with E-state index in [0.717, 1.165) is 55.7 Å². The molecule has 0 bridgehead atoms. The van der Waals surface area contributed by atoms with Gasteiger partial charge in [-0.25, -0.2) is 19.9 Å². The number of pyridine rings is 1. The van der Waals surface area contributed by atoms with Gasteiger partial charge in [0.1, 0.15) is 0 Å². The van der Waals surface area contributed by atoms with Crippen molar-refractivity contribution in [1.29, 1.82) is 0 Å². The molecule has 1 spiro atoms. The highest BCUT2D eigenvalue weighted by Gasteiger charge is 2.53. The highest BCUT2D eigenvalue weighted by molar-refractivity contribution is 6.08. The van der Waals surface area contributed by atoms with Gasteiger partial charge >= 0.3 is 0 Å². The lowest BCUT2D eigenvalue weighted by Gasteiger charge is -2.31. The molecule has 4 heteroatoms. The second kappa shape index (κ2) is 14.8. The van der Waals surface area contributed by atoms with Crippen LogP contribution in [0.3, 0.4) is 0 Å². The molecule has 13 rings (SSSR count). The van der Waals surface area contributed by atoms with Crippen LogP contribution in [0, 0.1) is 0 Å². The minimum Gasteiger partial charge on any atom is -0.247 e. The fraction of sp³-hybridized carbons (Fsp3) is 0.0164. The topological polar surface area (TPSA) is 51.6 Å². The molecule has 2 aliphatic rings. The summed E-state index contributed by atoms with van der Waals surface area (Å²) in [6.45, 7) is 0. The SMILES string of the molecule is c1ccc(-c2nc(-c3ccccc3)nc(-c3cccc(-c4cccc(-c5cccc6c5-c5ccccc5C65c6ccccc6-c6nc(-c7ccccc7)c7ccccc7c65)c4)c3)n2)cc1. The van der Waals surface area contributed by atoms with Gasteiger partial charge in [0.15, 0.2) is 17.5 Å². The van der Waals surface area contributed by atoms with E-state index in [4.69, 9.17) is 19.9 Å². The Kier molecular flexibility index (Phi) is 8.40. The molecule has 302 valence electrons. The molecule has 0 aliphatic heterocycles. The van der Waals surface area contributed by atoms with Gasteiger partial charge in [0.2, 0.25) is 0 Å². The first-order valence-electron chi connectivity index (χ1n) is 22.1. The van der Waals surface area contributed by atoms with Gasteiger partial charge in [-0.1, -0.05) is 218 Å². The molecule has 2 aromatic heterocycles. The summed E-state index contributed by atoms with van der Waals surface area (Å²) in [5, 5.41) is 2.39. The summed E-state index contributed by atoms with van der Waals surface area (Å²) in [6.07, 6.45) is 0. The van der Waals surface area contributed by atoms with Crippen LogP contribution in [0.15, 0.2) is 231 Å². The first-order valence-corrected chi connectivity index (χ1v) is 22.1. The van der Waals surface area contributed by atoms with Gasteiger partial charge in [0.25, 0.3) is 0 Å². The van der Waals surface area contributed by atoms with E-state index in [1.165, 1.54) is 49.9 Å². The fourth-order valence-corrected chi connectivity index (χ4v) is 10.6. The molecule has 0 N–H and O–H groups in total. The molecule has 0 saturated carbocycles. The summed E-state index contributed by atoms with van der Waals surface area (Å²) in [4.78, 5) is 20.6. The van der Waals surface area contributed by atoms with Crippen LogP contribution in [0.2, 0.25) is 0 Å². The highest BCUT2D eigenvalue weighted by Crippen LogP contribution is 2.65. The molecule has 65 heavy (non-hydrogen) atoms. The van der Waals surface area contributed by atoms with Crippen LogP contribution in [0.5, 0.6) is 0 Å². The molecule has 11 aromatic rings. The second-order valence-electron chi connectivity index (χ2n) is 16.9. The van der Waals surface area contributed by atoms with Crippen LogP contribution in [-0.2, 0) is 5.41 Å². The normalized spacial score (nSPS) is 14.2.